The maximum Gasteiger partial charge on any atom is 0.387 e. The molecule has 0 saturated carbocycles. The van der Waals surface area contributed by atoms with E-state index < -0.39 is 6.61 Å². The molecule has 2 N–H and O–H groups in total. The van der Waals surface area contributed by atoms with Crippen LogP contribution in [0.15, 0.2) is 29.3 Å². The number of guanidine groups is 1. The maximum absolute atomic E-state index is 12.4. The number of hydrogen-bond donors (Lipinski definition) is 2. The van der Waals surface area contributed by atoms with E-state index in [1.54, 1.807) is 25.2 Å². The Kier molecular flexibility index (Phi) is 10.7. The van der Waals surface area contributed by atoms with Gasteiger partial charge in [0.25, 0.3) is 0 Å². The van der Waals surface area contributed by atoms with E-state index in [9.17, 15) is 8.78 Å². The molecule has 8 heteroatoms. The fraction of sp³-hybridized carbons (Fsp3) is 0.588. The number of alkyl halides is 2. The van der Waals surface area contributed by atoms with E-state index >= 15 is 0 Å². The molecule has 142 valence electrons. The zero-order valence-corrected chi connectivity index (χ0v) is 16.8. The number of rotatable bonds is 7. The summed E-state index contributed by atoms with van der Waals surface area (Å²) in [7, 11) is 1.69. The van der Waals surface area contributed by atoms with Crippen LogP contribution in [0.3, 0.4) is 0 Å². The molecule has 0 radical (unpaired) electrons. The molecule has 0 aromatic heterocycles. The molecule has 1 aromatic rings. The Balaban J connectivity index is 0.00000312. The van der Waals surface area contributed by atoms with E-state index in [1.807, 2.05) is 0 Å². The molecule has 5 nitrogen and oxygen atoms in total. The highest BCUT2D eigenvalue weighted by Gasteiger charge is 2.11. The first-order chi connectivity index (χ1) is 11.7. The van der Waals surface area contributed by atoms with Crippen LogP contribution >= 0.6 is 24.0 Å². The van der Waals surface area contributed by atoms with Crippen LogP contribution in [0, 0.1) is 0 Å². The predicted octanol–water partition coefficient (Wildman–Crippen LogP) is 3.06. The number of nitrogens with one attached hydrogen (secondary N) is 2. The van der Waals surface area contributed by atoms with Gasteiger partial charge in [-0.25, -0.2) is 0 Å². The average molecular weight is 468 g/mol. The normalized spacial score (nSPS) is 15.6. The second kappa shape index (κ2) is 12.2. The van der Waals surface area contributed by atoms with Crippen LogP contribution in [0.2, 0.25) is 0 Å². The van der Waals surface area contributed by atoms with Crippen molar-refractivity contribution in [3.63, 3.8) is 0 Å². The van der Waals surface area contributed by atoms with Crippen LogP contribution in [-0.2, 0) is 6.54 Å². The van der Waals surface area contributed by atoms with Gasteiger partial charge in [0, 0.05) is 32.2 Å². The predicted molar refractivity (Wildman–Crippen MR) is 107 cm³/mol. The lowest BCUT2D eigenvalue weighted by Crippen LogP contribution is -2.42. The molecule has 1 heterocycles. The highest BCUT2D eigenvalue weighted by atomic mass is 127. The van der Waals surface area contributed by atoms with E-state index in [4.69, 9.17) is 0 Å². The van der Waals surface area contributed by atoms with Gasteiger partial charge in [0.15, 0.2) is 5.96 Å². The van der Waals surface area contributed by atoms with Gasteiger partial charge in [0.05, 0.1) is 0 Å². The largest absolute Gasteiger partial charge is 0.434 e. The monoisotopic (exact) mass is 468 g/mol. The summed E-state index contributed by atoms with van der Waals surface area (Å²) in [5.74, 6) is 0.836. The topological polar surface area (TPSA) is 48.9 Å². The molecule has 0 bridgehead atoms. The van der Waals surface area contributed by atoms with E-state index in [1.165, 1.54) is 25.3 Å². The van der Waals surface area contributed by atoms with E-state index in [2.05, 4.69) is 25.3 Å². The summed E-state index contributed by atoms with van der Waals surface area (Å²) >= 11 is 0. The molecule has 0 atom stereocenters. The fourth-order valence-electron chi connectivity index (χ4n) is 2.78. The summed E-state index contributed by atoms with van der Waals surface area (Å²) < 4.78 is 29.4. The highest BCUT2D eigenvalue weighted by Crippen LogP contribution is 2.19. The van der Waals surface area contributed by atoms with Crippen molar-refractivity contribution in [1.29, 1.82) is 0 Å². The zero-order valence-electron chi connectivity index (χ0n) is 14.5. The molecule has 1 aromatic carbocycles. The first kappa shape index (κ1) is 21.9. The quantitative estimate of drug-likeness (QED) is 0.367. The summed E-state index contributed by atoms with van der Waals surface area (Å²) in [6.45, 7) is 1.64. The molecule has 1 saturated heterocycles. The molecular formula is C17H27F2IN4O. The van der Waals surface area contributed by atoms with Crippen LogP contribution in [0.4, 0.5) is 8.78 Å². The lowest BCUT2D eigenvalue weighted by Gasteiger charge is -2.26. The summed E-state index contributed by atoms with van der Waals surface area (Å²) in [5, 5.41) is 6.39. The minimum atomic E-state index is -2.83. The van der Waals surface area contributed by atoms with Crippen molar-refractivity contribution in [2.75, 3.05) is 33.2 Å². The standard InChI is InChI=1S/C17H26F2N4O.HI/c1-20-17(21-9-12-23-10-5-2-6-11-23)22-13-14-7-3-4-8-15(14)24-16(18)19;/h3-4,7-8,16H,2,5-6,9-13H2,1H3,(H2,20,21,22);1H. The second-order valence-electron chi connectivity index (χ2n) is 5.74. The third kappa shape index (κ3) is 8.17. The molecular weight excluding hydrogens is 441 g/mol. The zero-order chi connectivity index (χ0) is 17.2. The number of ether oxygens (including phenoxy) is 1. The number of aliphatic imine (C=N–C) groups is 1. The molecule has 1 aliphatic rings. The molecule has 0 spiro atoms. The van der Waals surface area contributed by atoms with Crippen molar-refractivity contribution in [2.45, 2.75) is 32.4 Å². The molecule has 2 rings (SSSR count). The van der Waals surface area contributed by atoms with Gasteiger partial charge in [0.1, 0.15) is 5.75 Å². The van der Waals surface area contributed by atoms with Gasteiger partial charge < -0.3 is 20.3 Å². The Labute approximate surface area is 165 Å². The molecule has 0 unspecified atom stereocenters. The van der Waals surface area contributed by atoms with Crippen LogP contribution in [0.5, 0.6) is 5.75 Å². The van der Waals surface area contributed by atoms with Crippen molar-refractivity contribution in [2.24, 2.45) is 4.99 Å². The van der Waals surface area contributed by atoms with Crippen LogP contribution in [0.25, 0.3) is 0 Å². The lowest BCUT2D eigenvalue weighted by atomic mass is 10.1. The first-order valence-electron chi connectivity index (χ1n) is 8.38. The van der Waals surface area contributed by atoms with Gasteiger partial charge in [0.2, 0.25) is 0 Å². The SMILES string of the molecule is CN=C(NCCN1CCCCC1)NCc1ccccc1OC(F)F.I. The number of likely N-dealkylation sites (tertiary alicyclic amines) is 1. The van der Waals surface area contributed by atoms with E-state index in [0.29, 0.717) is 18.1 Å². The smallest absolute Gasteiger partial charge is 0.387 e. The lowest BCUT2D eigenvalue weighted by molar-refractivity contribution is -0.0504. The molecule has 1 aliphatic heterocycles. The highest BCUT2D eigenvalue weighted by molar-refractivity contribution is 14.0. The van der Waals surface area contributed by atoms with Crippen LogP contribution < -0.4 is 15.4 Å². The van der Waals surface area contributed by atoms with Crippen molar-refractivity contribution in [1.82, 2.24) is 15.5 Å². The Morgan fingerprint density at radius 1 is 1.20 bits per heavy atom. The van der Waals surface area contributed by atoms with Crippen molar-refractivity contribution < 1.29 is 13.5 Å². The minimum Gasteiger partial charge on any atom is -0.434 e. The van der Waals surface area contributed by atoms with Gasteiger partial charge in [-0.3, -0.25) is 4.99 Å². The molecule has 25 heavy (non-hydrogen) atoms. The number of halogens is 3. The van der Waals surface area contributed by atoms with Crippen LogP contribution in [0.1, 0.15) is 24.8 Å². The minimum absolute atomic E-state index is 0. The summed E-state index contributed by atoms with van der Waals surface area (Å²) in [4.78, 5) is 6.60. The summed E-state index contributed by atoms with van der Waals surface area (Å²) in [6.07, 6.45) is 3.87. The number of nitrogens with zero attached hydrogens (tertiary/aromatic N) is 2. The van der Waals surface area contributed by atoms with Crippen molar-refractivity contribution in [3.05, 3.63) is 29.8 Å². The van der Waals surface area contributed by atoms with Crippen molar-refractivity contribution >= 4 is 29.9 Å². The molecule has 0 amide bonds. The third-order valence-electron chi connectivity index (χ3n) is 4.03. The van der Waals surface area contributed by atoms with Gasteiger partial charge in [-0.05, 0) is 32.0 Å². The Morgan fingerprint density at radius 2 is 1.92 bits per heavy atom. The Hall–Kier alpha value is -1.16. The fourth-order valence-corrected chi connectivity index (χ4v) is 2.78. The molecule has 0 aliphatic carbocycles. The molecule has 1 fully saturated rings. The summed E-state index contributed by atoms with van der Waals surface area (Å²) in [5.41, 5.74) is 0.664. The Morgan fingerprint density at radius 3 is 2.60 bits per heavy atom. The second-order valence-corrected chi connectivity index (χ2v) is 5.74. The first-order valence-corrected chi connectivity index (χ1v) is 8.38. The third-order valence-corrected chi connectivity index (χ3v) is 4.03. The van der Waals surface area contributed by atoms with Gasteiger partial charge in [-0.2, -0.15) is 8.78 Å². The number of benzene rings is 1. The van der Waals surface area contributed by atoms with Gasteiger partial charge >= 0.3 is 6.61 Å². The Bertz CT molecular complexity index is 525. The number of hydrogen-bond acceptors (Lipinski definition) is 3. The summed E-state index contributed by atoms with van der Waals surface area (Å²) in [6, 6.07) is 6.76. The van der Waals surface area contributed by atoms with Gasteiger partial charge in [-0.15, -0.1) is 24.0 Å². The average Bonchev–Trinajstić information content (AvgIpc) is 2.59. The van der Waals surface area contributed by atoms with E-state index in [0.717, 1.165) is 26.2 Å². The number of piperidine rings is 1. The maximum atomic E-state index is 12.4. The van der Waals surface area contributed by atoms with E-state index in [-0.39, 0.29) is 29.7 Å². The van der Waals surface area contributed by atoms with Gasteiger partial charge in [-0.1, -0.05) is 24.6 Å². The number of para-hydroxylation sites is 1. The van der Waals surface area contributed by atoms with Crippen molar-refractivity contribution in [3.8, 4) is 5.75 Å². The van der Waals surface area contributed by atoms with Crippen LogP contribution in [-0.4, -0.2) is 50.7 Å².